The maximum absolute atomic E-state index is 7.32. The second-order valence-corrected chi connectivity index (χ2v) is 20.7. The molecule has 3 aliphatic heterocycles. The molecule has 11 aromatic carbocycles. The third-order valence-corrected chi connectivity index (χ3v) is 17.6. The maximum Gasteiger partial charge on any atom is 0.136 e. The Labute approximate surface area is 423 Å². The van der Waals surface area contributed by atoms with Gasteiger partial charge in [-0.3, -0.25) is 0 Å². The van der Waals surface area contributed by atoms with Gasteiger partial charge in [0.15, 0.2) is 0 Å². The zero-order chi connectivity index (χ0) is 47.8. The third-order valence-electron chi connectivity index (χ3n) is 17.6. The Morgan fingerprint density at radius 2 is 0.712 bits per heavy atom. The second kappa shape index (κ2) is 13.8. The minimum Gasteiger partial charge on any atom is -0.457 e. The van der Waals surface area contributed by atoms with Gasteiger partial charge in [-0.2, -0.15) is 0 Å². The number of ether oxygens (including phenoxy) is 2. The van der Waals surface area contributed by atoms with Crippen molar-refractivity contribution < 1.29 is 9.47 Å². The van der Waals surface area contributed by atoms with E-state index in [2.05, 4.69) is 254 Å². The van der Waals surface area contributed by atoms with Gasteiger partial charge in [-0.15, -0.1) is 0 Å². The van der Waals surface area contributed by atoms with Gasteiger partial charge < -0.3 is 14.4 Å². The highest BCUT2D eigenvalue weighted by Gasteiger charge is 2.55. The van der Waals surface area contributed by atoms with E-state index in [0.29, 0.717) is 0 Å². The minimum atomic E-state index is -0.635. The number of anilines is 3. The smallest absolute Gasteiger partial charge is 0.136 e. The fraction of sp³-hybridized carbons (Fsp3) is 0.0571. The van der Waals surface area contributed by atoms with Gasteiger partial charge >= 0.3 is 0 Å². The molecule has 11 aromatic rings. The minimum absolute atomic E-state index is 0.518. The van der Waals surface area contributed by atoms with Crippen molar-refractivity contribution in [3.05, 3.63) is 304 Å². The van der Waals surface area contributed by atoms with E-state index in [-0.39, 0.29) is 0 Å². The highest BCUT2D eigenvalue weighted by Crippen LogP contribution is 2.67. The lowest BCUT2D eigenvalue weighted by atomic mass is 9.64. The topological polar surface area (TPSA) is 21.7 Å². The number of benzene rings is 11. The van der Waals surface area contributed by atoms with Crippen molar-refractivity contribution in [2.24, 2.45) is 0 Å². The summed E-state index contributed by atoms with van der Waals surface area (Å²) in [6.45, 7) is 2.42. The Balaban J connectivity index is 0.912. The van der Waals surface area contributed by atoms with Crippen molar-refractivity contribution in [2.75, 3.05) is 4.90 Å². The van der Waals surface area contributed by atoms with Crippen LogP contribution in [-0.4, -0.2) is 0 Å². The van der Waals surface area contributed by atoms with E-state index in [4.69, 9.17) is 9.47 Å². The predicted molar refractivity (Wildman–Crippen MR) is 292 cm³/mol. The van der Waals surface area contributed by atoms with E-state index in [1.165, 1.54) is 94.6 Å². The molecule has 8 bridgehead atoms. The van der Waals surface area contributed by atoms with Gasteiger partial charge in [0.1, 0.15) is 23.0 Å². The lowest BCUT2D eigenvalue weighted by molar-refractivity contribution is 0.424. The second-order valence-electron chi connectivity index (χ2n) is 20.7. The largest absolute Gasteiger partial charge is 0.457 e. The Bertz CT molecular complexity index is 4230. The van der Waals surface area contributed by atoms with E-state index in [9.17, 15) is 0 Å². The quantitative estimate of drug-likeness (QED) is 0.172. The van der Waals surface area contributed by atoms with E-state index in [0.717, 1.165) is 51.2 Å². The van der Waals surface area contributed by atoms with Crippen LogP contribution in [0.2, 0.25) is 0 Å². The number of para-hydroxylation sites is 4. The SMILES string of the molecule is CC12c3ccccc3-c3ccc(cc31)N(c1cccc(-c3ccc4c(c3)-c3ccccc3C43c4ccccc4Oc4ccccc43)c1)c1ccc3c(c1)C1(c4ccccc4Oc4c2cccc41)c1ccccc1-3. The molecule has 0 amide bonds. The molecule has 2 atom stereocenters. The Kier molecular flexibility index (Phi) is 7.48. The van der Waals surface area contributed by atoms with Crippen LogP contribution < -0.4 is 14.4 Å². The molecule has 0 N–H and O–H groups in total. The Hall–Kier alpha value is -9.18. The number of nitrogens with zero attached hydrogens (tertiary/aromatic N) is 1. The fourth-order valence-electron chi connectivity index (χ4n) is 14.7. The van der Waals surface area contributed by atoms with Gasteiger partial charge in [0.05, 0.1) is 10.8 Å². The first-order valence-corrected chi connectivity index (χ1v) is 25.5. The lowest BCUT2D eigenvalue weighted by Gasteiger charge is -2.42. The Morgan fingerprint density at radius 3 is 1.38 bits per heavy atom. The summed E-state index contributed by atoms with van der Waals surface area (Å²) < 4.78 is 14.0. The van der Waals surface area contributed by atoms with Crippen molar-refractivity contribution in [3.63, 3.8) is 0 Å². The zero-order valence-electron chi connectivity index (χ0n) is 39.9. The van der Waals surface area contributed by atoms with Crippen molar-refractivity contribution in [1.82, 2.24) is 0 Å². The van der Waals surface area contributed by atoms with E-state index >= 15 is 0 Å². The van der Waals surface area contributed by atoms with E-state index < -0.39 is 16.2 Å². The summed E-state index contributed by atoms with van der Waals surface area (Å²) in [5, 5.41) is 0. The number of hydrogen-bond donors (Lipinski definition) is 0. The van der Waals surface area contributed by atoms with Crippen molar-refractivity contribution in [1.29, 1.82) is 0 Å². The molecule has 0 radical (unpaired) electrons. The van der Waals surface area contributed by atoms with Crippen LogP contribution in [0.15, 0.2) is 243 Å². The number of fused-ring (bicyclic) bond motifs is 18. The van der Waals surface area contributed by atoms with Crippen LogP contribution in [0.5, 0.6) is 23.0 Å². The maximum atomic E-state index is 7.32. The normalized spacial score (nSPS) is 18.3. The third kappa shape index (κ3) is 4.72. The van der Waals surface area contributed by atoms with E-state index in [1.807, 2.05) is 0 Å². The molecule has 73 heavy (non-hydrogen) atoms. The molecule has 0 aromatic heterocycles. The van der Waals surface area contributed by atoms with Gasteiger partial charge in [-0.05, 0) is 145 Å². The fourth-order valence-corrected chi connectivity index (χ4v) is 14.7. The monoisotopic (exact) mass is 929 g/mol. The van der Waals surface area contributed by atoms with Crippen LogP contribution in [0.4, 0.5) is 17.1 Å². The average molecular weight is 930 g/mol. The summed E-state index contributed by atoms with van der Waals surface area (Å²) in [6.07, 6.45) is 0. The van der Waals surface area contributed by atoms with Gasteiger partial charge in [0.25, 0.3) is 0 Å². The van der Waals surface area contributed by atoms with E-state index in [1.54, 1.807) is 0 Å². The standard InChI is InChI=1S/C70H43NO2/c1-68-53-21-5-2-18-47(53)50-35-33-45(40-62(50)68)71(46-34-36-51-48-19-3-6-22-54(48)70(63(51)41-46)59-26-10-13-31-66(59)73-67-60(68)27-15-28-61(67)70)44-17-14-16-42(38-44)43-32-37-56-52(39-43)49-20-4-7-23-55(49)69(56)57-24-8-11-29-64(57)72-65-30-12-9-25-58(65)69/h2-41H,1H3. The first-order valence-electron chi connectivity index (χ1n) is 25.5. The molecule has 3 nitrogen and oxygen atoms in total. The van der Waals surface area contributed by atoms with Gasteiger partial charge in [0, 0.05) is 50.3 Å². The van der Waals surface area contributed by atoms with Crippen LogP contribution in [0.25, 0.3) is 44.5 Å². The highest BCUT2D eigenvalue weighted by molar-refractivity contribution is 5.95. The molecule has 17 rings (SSSR count). The Morgan fingerprint density at radius 1 is 0.274 bits per heavy atom. The molecule has 340 valence electrons. The predicted octanol–water partition coefficient (Wildman–Crippen LogP) is 17.4. The number of rotatable bonds is 2. The molecule has 0 saturated carbocycles. The van der Waals surface area contributed by atoms with Crippen molar-refractivity contribution in [3.8, 4) is 67.5 Å². The molecule has 3 aliphatic carbocycles. The van der Waals surface area contributed by atoms with Crippen LogP contribution in [0, 0.1) is 0 Å². The van der Waals surface area contributed by atoms with Crippen LogP contribution >= 0.6 is 0 Å². The van der Waals surface area contributed by atoms with Crippen LogP contribution in [-0.2, 0) is 16.2 Å². The molecule has 2 unspecified atom stereocenters. The summed E-state index contributed by atoms with van der Waals surface area (Å²) in [6, 6.07) is 90.6. The summed E-state index contributed by atoms with van der Waals surface area (Å²) >= 11 is 0. The first kappa shape index (κ1) is 39.5. The van der Waals surface area contributed by atoms with Gasteiger partial charge in [0.2, 0.25) is 0 Å². The molecule has 0 fully saturated rings. The zero-order valence-corrected chi connectivity index (χ0v) is 39.9. The summed E-state index contributed by atoms with van der Waals surface area (Å²) in [7, 11) is 0. The summed E-state index contributed by atoms with van der Waals surface area (Å²) in [4.78, 5) is 2.50. The molecule has 2 spiro atoms. The average Bonchev–Trinajstić information content (AvgIpc) is 4.01. The van der Waals surface area contributed by atoms with Crippen molar-refractivity contribution in [2.45, 2.75) is 23.2 Å². The van der Waals surface area contributed by atoms with Crippen LogP contribution in [0.3, 0.4) is 0 Å². The molecule has 3 heteroatoms. The first-order chi connectivity index (χ1) is 36.1. The molecule has 6 aliphatic rings. The van der Waals surface area contributed by atoms with Crippen LogP contribution in [0.1, 0.15) is 68.1 Å². The lowest BCUT2D eigenvalue weighted by Crippen LogP contribution is -2.34. The molecular weight excluding hydrogens is 887 g/mol. The van der Waals surface area contributed by atoms with Gasteiger partial charge in [-0.1, -0.05) is 182 Å². The molecular formula is C70H43NO2. The van der Waals surface area contributed by atoms with Crippen molar-refractivity contribution >= 4 is 17.1 Å². The summed E-state index contributed by atoms with van der Waals surface area (Å²) in [5.41, 5.74) is 25.0. The highest BCUT2D eigenvalue weighted by atomic mass is 16.5. The summed E-state index contributed by atoms with van der Waals surface area (Å²) in [5.74, 6) is 3.65. The molecule has 0 saturated heterocycles. The van der Waals surface area contributed by atoms with Gasteiger partial charge in [-0.25, -0.2) is 0 Å². The number of hydrogen-bond acceptors (Lipinski definition) is 3. The molecule has 3 heterocycles.